The minimum Gasteiger partial charge on any atom is -0.350 e. The third-order valence-electron chi connectivity index (χ3n) is 4.35. The molecule has 1 fully saturated rings. The van der Waals surface area contributed by atoms with E-state index in [4.69, 9.17) is 0 Å². The molecule has 1 aromatic rings. The molecule has 1 aromatic heterocycles. The van der Waals surface area contributed by atoms with Gasteiger partial charge < -0.3 is 10.6 Å². The number of fused-ring (bicyclic) bond motifs is 1. The summed E-state index contributed by atoms with van der Waals surface area (Å²) < 4.78 is 0. The maximum atomic E-state index is 12.1. The van der Waals surface area contributed by atoms with Crippen molar-refractivity contribution in [2.45, 2.75) is 39.2 Å². The van der Waals surface area contributed by atoms with E-state index in [1.165, 1.54) is 12.8 Å². The second-order valence-electron chi connectivity index (χ2n) is 5.49. The molecule has 0 spiro atoms. The van der Waals surface area contributed by atoms with E-state index in [0.717, 1.165) is 43.7 Å². The Morgan fingerprint density at radius 3 is 2.95 bits per heavy atom. The number of carbonyl (C=O) groups is 1. The number of halogens is 1. The SMILES string of the molecule is CCC1(CNC(=O)c2n[nH]c3c2CNCC3)CC1.Cl. The van der Waals surface area contributed by atoms with E-state index in [0.29, 0.717) is 11.1 Å². The summed E-state index contributed by atoms with van der Waals surface area (Å²) in [6.45, 7) is 4.68. The van der Waals surface area contributed by atoms with Crippen molar-refractivity contribution in [3.8, 4) is 0 Å². The minimum absolute atomic E-state index is 0. The van der Waals surface area contributed by atoms with Gasteiger partial charge in [0.05, 0.1) is 0 Å². The van der Waals surface area contributed by atoms with Crippen LogP contribution >= 0.6 is 12.4 Å². The quantitative estimate of drug-likeness (QED) is 0.783. The highest BCUT2D eigenvalue weighted by Crippen LogP contribution is 2.47. The molecule has 0 unspecified atom stereocenters. The first-order valence-electron chi connectivity index (χ1n) is 6.79. The molecule has 6 heteroatoms. The lowest BCUT2D eigenvalue weighted by molar-refractivity contribution is 0.0938. The molecule has 1 amide bonds. The minimum atomic E-state index is -0.0316. The molecule has 0 bridgehead atoms. The molecule has 106 valence electrons. The Morgan fingerprint density at radius 1 is 1.47 bits per heavy atom. The van der Waals surface area contributed by atoms with Gasteiger partial charge in [-0.05, 0) is 24.7 Å². The molecule has 2 heterocycles. The van der Waals surface area contributed by atoms with Gasteiger partial charge in [-0.25, -0.2) is 0 Å². The molecule has 0 radical (unpaired) electrons. The van der Waals surface area contributed by atoms with Crippen molar-refractivity contribution in [3.63, 3.8) is 0 Å². The molecule has 5 nitrogen and oxygen atoms in total. The first-order valence-corrected chi connectivity index (χ1v) is 6.79. The van der Waals surface area contributed by atoms with Crippen LogP contribution in [0.2, 0.25) is 0 Å². The Bertz CT molecular complexity index is 467. The highest BCUT2D eigenvalue weighted by molar-refractivity contribution is 5.94. The van der Waals surface area contributed by atoms with Gasteiger partial charge in [-0.2, -0.15) is 5.10 Å². The number of amides is 1. The molecule has 1 saturated carbocycles. The lowest BCUT2D eigenvalue weighted by Gasteiger charge is -2.15. The fourth-order valence-electron chi connectivity index (χ4n) is 2.60. The molecule has 19 heavy (non-hydrogen) atoms. The fraction of sp³-hybridized carbons (Fsp3) is 0.692. The standard InChI is InChI=1S/C13H20N4O.ClH/c1-2-13(4-5-13)8-15-12(18)11-9-7-14-6-3-10(9)16-17-11;/h14H,2-8H2,1H3,(H,15,18)(H,16,17);1H. The molecule has 0 saturated heterocycles. The van der Waals surface area contributed by atoms with Crippen LogP contribution in [0.25, 0.3) is 0 Å². The number of rotatable bonds is 4. The van der Waals surface area contributed by atoms with E-state index in [1.54, 1.807) is 0 Å². The highest BCUT2D eigenvalue weighted by atomic mass is 35.5. The predicted molar refractivity (Wildman–Crippen MR) is 75.5 cm³/mol. The highest BCUT2D eigenvalue weighted by Gasteiger charge is 2.40. The molecule has 0 aromatic carbocycles. The van der Waals surface area contributed by atoms with Crippen molar-refractivity contribution in [3.05, 3.63) is 17.0 Å². The lowest BCUT2D eigenvalue weighted by atomic mass is 10.0. The van der Waals surface area contributed by atoms with Crippen molar-refractivity contribution in [1.82, 2.24) is 20.8 Å². The average molecular weight is 285 g/mol. The largest absolute Gasteiger partial charge is 0.350 e. The Kier molecular flexibility index (Phi) is 4.16. The predicted octanol–water partition coefficient (Wildman–Crippen LogP) is 1.40. The molecular weight excluding hydrogens is 264 g/mol. The summed E-state index contributed by atoms with van der Waals surface area (Å²) in [5, 5.41) is 13.5. The maximum Gasteiger partial charge on any atom is 0.272 e. The van der Waals surface area contributed by atoms with Crippen LogP contribution < -0.4 is 10.6 Å². The Hall–Kier alpha value is -1.07. The van der Waals surface area contributed by atoms with Gasteiger partial charge in [0.25, 0.3) is 5.91 Å². The third kappa shape index (κ3) is 2.77. The molecule has 0 atom stereocenters. The van der Waals surface area contributed by atoms with Crippen molar-refractivity contribution in [2.75, 3.05) is 13.1 Å². The van der Waals surface area contributed by atoms with Crippen LogP contribution in [0, 0.1) is 5.41 Å². The second-order valence-corrected chi connectivity index (χ2v) is 5.49. The van der Waals surface area contributed by atoms with Crippen molar-refractivity contribution >= 4 is 18.3 Å². The number of aromatic nitrogens is 2. The van der Waals surface area contributed by atoms with Crippen LogP contribution in [0.1, 0.15) is 47.9 Å². The van der Waals surface area contributed by atoms with Crippen molar-refractivity contribution in [1.29, 1.82) is 0 Å². The zero-order valence-electron chi connectivity index (χ0n) is 11.2. The normalized spacial score (nSPS) is 19.2. The average Bonchev–Trinajstić information content (AvgIpc) is 3.07. The van der Waals surface area contributed by atoms with Gasteiger partial charge in [-0.3, -0.25) is 9.89 Å². The van der Waals surface area contributed by atoms with Gasteiger partial charge in [-0.15, -0.1) is 12.4 Å². The number of nitrogens with zero attached hydrogens (tertiary/aromatic N) is 1. The molecule has 1 aliphatic heterocycles. The van der Waals surface area contributed by atoms with Crippen molar-refractivity contribution < 1.29 is 4.79 Å². The van der Waals surface area contributed by atoms with Crippen LogP contribution in [0.3, 0.4) is 0 Å². The molecule has 2 aliphatic rings. The number of hydrogen-bond donors (Lipinski definition) is 3. The van der Waals surface area contributed by atoms with E-state index in [2.05, 4.69) is 27.8 Å². The molecule has 1 aliphatic carbocycles. The van der Waals surface area contributed by atoms with Gasteiger partial charge in [0.2, 0.25) is 0 Å². The number of aromatic amines is 1. The summed E-state index contributed by atoms with van der Waals surface area (Å²) in [5.41, 5.74) is 3.10. The second kappa shape index (κ2) is 5.51. The Balaban J connectivity index is 0.00000133. The van der Waals surface area contributed by atoms with Gasteiger partial charge in [0.15, 0.2) is 5.69 Å². The monoisotopic (exact) mass is 284 g/mol. The number of nitrogens with one attached hydrogen (secondary N) is 3. The number of hydrogen-bond acceptors (Lipinski definition) is 3. The van der Waals surface area contributed by atoms with Gasteiger partial charge in [0.1, 0.15) is 0 Å². The van der Waals surface area contributed by atoms with Crippen molar-refractivity contribution in [2.24, 2.45) is 5.41 Å². The first kappa shape index (κ1) is 14.3. The van der Waals surface area contributed by atoms with Gasteiger partial charge >= 0.3 is 0 Å². The summed E-state index contributed by atoms with van der Waals surface area (Å²) in [5.74, 6) is -0.0316. The zero-order valence-corrected chi connectivity index (χ0v) is 12.0. The maximum absolute atomic E-state index is 12.1. The van der Waals surface area contributed by atoms with E-state index in [-0.39, 0.29) is 18.3 Å². The first-order chi connectivity index (χ1) is 8.74. The zero-order chi connectivity index (χ0) is 12.6. The summed E-state index contributed by atoms with van der Waals surface area (Å²) in [6, 6.07) is 0. The van der Waals surface area contributed by atoms with E-state index < -0.39 is 0 Å². The third-order valence-corrected chi connectivity index (χ3v) is 4.35. The molecule has 3 N–H and O–H groups in total. The van der Waals surface area contributed by atoms with Crippen LogP contribution in [-0.4, -0.2) is 29.2 Å². The number of H-pyrrole nitrogens is 1. The summed E-state index contributed by atoms with van der Waals surface area (Å²) >= 11 is 0. The summed E-state index contributed by atoms with van der Waals surface area (Å²) in [7, 11) is 0. The topological polar surface area (TPSA) is 69.8 Å². The summed E-state index contributed by atoms with van der Waals surface area (Å²) in [4.78, 5) is 12.1. The van der Waals surface area contributed by atoms with Crippen LogP contribution in [0.4, 0.5) is 0 Å². The molecular formula is C13H21ClN4O. The van der Waals surface area contributed by atoms with E-state index >= 15 is 0 Å². The fourth-order valence-corrected chi connectivity index (χ4v) is 2.60. The van der Waals surface area contributed by atoms with Crippen LogP contribution in [-0.2, 0) is 13.0 Å². The smallest absolute Gasteiger partial charge is 0.272 e. The van der Waals surface area contributed by atoms with E-state index in [1.807, 2.05) is 0 Å². The molecule has 3 rings (SSSR count). The van der Waals surface area contributed by atoms with Crippen LogP contribution in [0.15, 0.2) is 0 Å². The van der Waals surface area contributed by atoms with Crippen LogP contribution in [0.5, 0.6) is 0 Å². The summed E-state index contributed by atoms with van der Waals surface area (Å²) in [6.07, 6.45) is 4.55. The number of carbonyl (C=O) groups excluding carboxylic acids is 1. The van der Waals surface area contributed by atoms with Gasteiger partial charge in [0, 0.05) is 37.3 Å². The van der Waals surface area contributed by atoms with E-state index in [9.17, 15) is 4.79 Å². The lowest BCUT2D eigenvalue weighted by Crippen LogP contribution is -2.32. The Morgan fingerprint density at radius 2 is 2.26 bits per heavy atom. The van der Waals surface area contributed by atoms with Gasteiger partial charge in [-0.1, -0.05) is 6.92 Å². The Labute approximate surface area is 119 Å².